The SMILES string of the molecule is CCCCNCC(C)N(C)C(C)c1ccccc1Cl. The van der Waals surface area contributed by atoms with Crippen molar-refractivity contribution in [2.45, 2.75) is 45.7 Å². The number of nitrogens with one attached hydrogen (secondary N) is 1. The van der Waals surface area contributed by atoms with Crippen molar-refractivity contribution in [1.82, 2.24) is 10.2 Å². The summed E-state index contributed by atoms with van der Waals surface area (Å²) in [5.41, 5.74) is 1.20. The molecule has 0 amide bonds. The van der Waals surface area contributed by atoms with E-state index in [1.807, 2.05) is 12.1 Å². The highest BCUT2D eigenvalue weighted by atomic mass is 35.5. The molecule has 2 nitrogen and oxygen atoms in total. The molecule has 0 radical (unpaired) electrons. The summed E-state index contributed by atoms with van der Waals surface area (Å²) in [7, 11) is 2.17. The van der Waals surface area contributed by atoms with Gasteiger partial charge in [-0.1, -0.05) is 43.1 Å². The minimum Gasteiger partial charge on any atom is -0.315 e. The molecular weight excluding hydrogens is 256 g/mol. The lowest BCUT2D eigenvalue weighted by atomic mass is 10.1. The van der Waals surface area contributed by atoms with Crippen LogP contribution in [0.15, 0.2) is 24.3 Å². The second-order valence-electron chi connectivity index (χ2n) is 5.27. The van der Waals surface area contributed by atoms with Crippen molar-refractivity contribution in [2.24, 2.45) is 0 Å². The van der Waals surface area contributed by atoms with Crippen molar-refractivity contribution >= 4 is 11.6 Å². The lowest BCUT2D eigenvalue weighted by molar-refractivity contribution is 0.193. The molecule has 2 atom stereocenters. The van der Waals surface area contributed by atoms with Crippen LogP contribution in [0, 0.1) is 0 Å². The maximum atomic E-state index is 6.27. The van der Waals surface area contributed by atoms with E-state index in [9.17, 15) is 0 Å². The molecule has 0 saturated carbocycles. The van der Waals surface area contributed by atoms with Crippen LogP contribution < -0.4 is 5.32 Å². The van der Waals surface area contributed by atoms with Gasteiger partial charge in [0.25, 0.3) is 0 Å². The van der Waals surface area contributed by atoms with Crippen LogP contribution in [-0.2, 0) is 0 Å². The fraction of sp³-hybridized carbons (Fsp3) is 0.625. The van der Waals surface area contributed by atoms with Gasteiger partial charge in [0.2, 0.25) is 0 Å². The first-order chi connectivity index (χ1) is 9.07. The molecule has 0 saturated heterocycles. The fourth-order valence-corrected chi connectivity index (χ4v) is 2.47. The lowest BCUT2D eigenvalue weighted by Crippen LogP contribution is -2.39. The number of rotatable bonds is 8. The zero-order valence-corrected chi connectivity index (χ0v) is 13.4. The summed E-state index contributed by atoms with van der Waals surface area (Å²) >= 11 is 6.27. The van der Waals surface area contributed by atoms with E-state index in [1.165, 1.54) is 18.4 Å². The number of likely N-dealkylation sites (N-methyl/N-ethyl adjacent to an activating group) is 1. The van der Waals surface area contributed by atoms with Crippen LogP contribution in [0.4, 0.5) is 0 Å². The number of benzene rings is 1. The largest absolute Gasteiger partial charge is 0.315 e. The van der Waals surface area contributed by atoms with Crippen LogP contribution in [0.5, 0.6) is 0 Å². The van der Waals surface area contributed by atoms with Gasteiger partial charge >= 0.3 is 0 Å². The number of unbranched alkanes of at least 4 members (excludes halogenated alkanes) is 1. The Bertz CT molecular complexity index is 368. The van der Waals surface area contributed by atoms with Crippen molar-refractivity contribution in [1.29, 1.82) is 0 Å². The van der Waals surface area contributed by atoms with Crippen LogP contribution in [0.2, 0.25) is 5.02 Å². The van der Waals surface area contributed by atoms with E-state index in [4.69, 9.17) is 11.6 Å². The van der Waals surface area contributed by atoms with E-state index in [0.29, 0.717) is 12.1 Å². The van der Waals surface area contributed by atoms with Crippen molar-refractivity contribution in [3.8, 4) is 0 Å². The van der Waals surface area contributed by atoms with Crippen molar-refractivity contribution in [3.63, 3.8) is 0 Å². The van der Waals surface area contributed by atoms with Gasteiger partial charge in [-0.2, -0.15) is 0 Å². The first kappa shape index (κ1) is 16.5. The van der Waals surface area contributed by atoms with E-state index in [-0.39, 0.29) is 0 Å². The molecule has 0 fully saturated rings. The van der Waals surface area contributed by atoms with Crippen LogP contribution in [0.25, 0.3) is 0 Å². The number of hydrogen-bond acceptors (Lipinski definition) is 2. The molecule has 0 spiro atoms. The molecule has 1 aromatic rings. The van der Waals surface area contributed by atoms with Gasteiger partial charge in [-0.05, 0) is 45.5 Å². The summed E-state index contributed by atoms with van der Waals surface area (Å²) in [4.78, 5) is 2.38. The first-order valence-electron chi connectivity index (χ1n) is 7.25. The highest BCUT2D eigenvalue weighted by molar-refractivity contribution is 6.31. The molecule has 0 heterocycles. The van der Waals surface area contributed by atoms with Gasteiger partial charge in [0, 0.05) is 23.7 Å². The van der Waals surface area contributed by atoms with Gasteiger partial charge < -0.3 is 5.32 Å². The molecule has 1 N–H and O–H groups in total. The predicted octanol–water partition coefficient (Wildman–Crippen LogP) is 4.11. The lowest BCUT2D eigenvalue weighted by Gasteiger charge is -2.31. The number of halogens is 1. The highest BCUT2D eigenvalue weighted by Gasteiger charge is 2.18. The minimum atomic E-state index is 0.330. The van der Waals surface area contributed by atoms with Crippen molar-refractivity contribution < 1.29 is 0 Å². The van der Waals surface area contributed by atoms with E-state index in [1.54, 1.807) is 0 Å². The van der Waals surface area contributed by atoms with E-state index < -0.39 is 0 Å². The summed E-state index contributed by atoms with van der Waals surface area (Å²) in [5.74, 6) is 0. The van der Waals surface area contributed by atoms with Gasteiger partial charge in [0.1, 0.15) is 0 Å². The van der Waals surface area contributed by atoms with Gasteiger partial charge in [-0.25, -0.2) is 0 Å². The van der Waals surface area contributed by atoms with Crippen LogP contribution >= 0.6 is 11.6 Å². The Morgan fingerprint density at radius 3 is 2.58 bits per heavy atom. The molecule has 0 aliphatic rings. The van der Waals surface area contributed by atoms with Crippen molar-refractivity contribution in [2.75, 3.05) is 20.1 Å². The smallest absolute Gasteiger partial charge is 0.0453 e. The number of nitrogens with zero attached hydrogens (tertiary/aromatic N) is 1. The monoisotopic (exact) mass is 282 g/mol. The third-order valence-electron chi connectivity index (χ3n) is 3.81. The van der Waals surface area contributed by atoms with E-state index >= 15 is 0 Å². The summed E-state index contributed by atoms with van der Waals surface area (Å²) in [5, 5.41) is 4.37. The maximum Gasteiger partial charge on any atom is 0.0453 e. The summed E-state index contributed by atoms with van der Waals surface area (Å²) in [6.45, 7) is 8.81. The molecule has 108 valence electrons. The third kappa shape index (κ3) is 5.13. The zero-order chi connectivity index (χ0) is 14.3. The van der Waals surface area contributed by atoms with Gasteiger partial charge in [0.05, 0.1) is 0 Å². The maximum absolute atomic E-state index is 6.27. The Morgan fingerprint density at radius 1 is 1.26 bits per heavy atom. The summed E-state index contributed by atoms with van der Waals surface area (Å²) < 4.78 is 0. The molecule has 0 aromatic heterocycles. The Hall–Kier alpha value is -0.570. The molecule has 19 heavy (non-hydrogen) atoms. The average Bonchev–Trinajstić information content (AvgIpc) is 2.42. The molecule has 2 unspecified atom stereocenters. The Balaban J connectivity index is 2.52. The third-order valence-corrected chi connectivity index (χ3v) is 4.15. The van der Waals surface area contributed by atoms with Crippen LogP contribution in [-0.4, -0.2) is 31.1 Å². The molecule has 1 aromatic carbocycles. The van der Waals surface area contributed by atoms with Gasteiger partial charge in [-0.3, -0.25) is 4.90 Å². The Labute approximate surface area is 123 Å². The highest BCUT2D eigenvalue weighted by Crippen LogP contribution is 2.27. The summed E-state index contributed by atoms with van der Waals surface area (Å²) in [6, 6.07) is 8.93. The Morgan fingerprint density at radius 2 is 1.95 bits per heavy atom. The molecule has 0 aliphatic heterocycles. The second kappa shape index (κ2) is 8.57. The zero-order valence-electron chi connectivity index (χ0n) is 12.6. The van der Waals surface area contributed by atoms with E-state index in [2.05, 4.69) is 50.2 Å². The molecular formula is C16H27ClN2. The molecule has 0 aliphatic carbocycles. The molecule has 0 bridgehead atoms. The van der Waals surface area contributed by atoms with Crippen LogP contribution in [0.1, 0.15) is 45.2 Å². The van der Waals surface area contributed by atoms with E-state index in [0.717, 1.165) is 18.1 Å². The minimum absolute atomic E-state index is 0.330. The normalized spacial score (nSPS) is 14.6. The average molecular weight is 283 g/mol. The fourth-order valence-electron chi connectivity index (χ4n) is 2.17. The predicted molar refractivity (Wildman–Crippen MR) is 84.9 cm³/mol. The first-order valence-corrected chi connectivity index (χ1v) is 7.62. The van der Waals surface area contributed by atoms with Gasteiger partial charge in [-0.15, -0.1) is 0 Å². The second-order valence-corrected chi connectivity index (χ2v) is 5.68. The summed E-state index contributed by atoms with van der Waals surface area (Å²) in [6.07, 6.45) is 2.49. The van der Waals surface area contributed by atoms with Gasteiger partial charge in [0.15, 0.2) is 0 Å². The number of hydrogen-bond donors (Lipinski definition) is 1. The Kier molecular flexibility index (Phi) is 7.44. The van der Waals surface area contributed by atoms with Crippen LogP contribution in [0.3, 0.4) is 0 Å². The van der Waals surface area contributed by atoms with Crippen molar-refractivity contribution in [3.05, 3.63) is 34.9 Å². The topological polar surface area (TPSA) is 15.3 Å². The molecule has 1 rings (SSSR count). The standard InChI is InChI=1S/C16H27ClN2/c1-5-6-11-18-12-13(2)19(4)14(3)15-9-7-8-10-16(15)17/h7-10,13-14,18H,5-6,11-12H2,1-4H3. The quantitative estimate of drug-likeness (QED) is 0.722. The molecule has 3 heteroatoms.